The van der Waals surface area contributed by atoms with E-state index in [4.69, 9.17) is 4.74 Å². The molecule has 1 atom stereocenters. The van der Waals surface area contributed by atoms with Gasteiger partial charge in [-0.25, -0.2) is 0 Å². The molecule has 0 saturated heterocycles. The predicted molar refractivity (Wildman–Crippen MR) is 109 cm³/mol. The van der Waals surface area contributed by atoms with Gasteiger partial charge in [-0.05, 0) is 47.1 Å². The van der Waals surface area contributed by atoms with Crippen LogP contribution in [0.2, 0.25) is 0 Å². The van der Waals surface area contributed by atoms with E-state index in [1.54, 1.807) is 11.3 Å². The summed E-state index contributed by atoms with van der Waals surface area (Å²) in [6, 6.07) is 19.8. The molecular weight excluding hydrogens is 356 g/mol. The van der Waals surface area contributed by atoms with Crippen LogP contribution < -0.4 is 9.64 Å². The molecule has 0 fully saturated rings. The first-order valence-electron chi connectivity index (χ1n) is 9.01. The number of para-hydroxylation sites is 2. The molecule has 5 heteroatoms. The zero-order chi connectivity index (χ0) is 18.6. The number of fused-ring (bicyclic) bond motifs is 1. The summed E-state index contributed by atoms with van der Waals surface area (Å²) >= 11 is 1.68. The maximum absolute atomic E-state index is 13.3. The number of carbonyl (C=O) groups is 1. The van der Waals surface area contributed by atoms with E-state index in [0.29, 0.717) is 13.2 Å². The lowest BCUT2D eigenvalue weighted by Gasteiger charge is -2.38. The van der Waals surface area contributed by atoms with Gasteiger partial charge in [-0.3, -0.25) is 14.6 Å². The van der Waals surface area contributed by atoms with Gasteiger partial charge in [0.15, 0.2) is 0 Å². The standard InChI is InChI=1S/C22H22N2O2S/c1-23(13-17-11-12-27-16-17)14-22(25)24-19-9-5-6-10-21(19)26-15-20(24)18-7-3-2-4-8-18/h2-12,16,20H,13-15H2,1H3. The molecule has 138 valence electrons. The summed E-state index contributed by atoms with van der Waals surface area (Å²) in [5.41, 5.74) is 3.16. The number of nitrogens with zero attached hydrogens (tertiary/aromatic N) is 2. The molecule has 0 spiro atoms. The summed E-state index contributed by atoms with van der Waals surface area (Å²) in [6.45, 7) is 1.58. The van der Waals surface area contributed by atoms with Gasteiger partial charge in [-0.15, -0.1) is 0 Å². The van der Waals surface area contributed by atoms with Crippen LogP contribution in [0.3, 0.4) is 0 Å². The summed E-state index contributed by atoms with van der Waals surface area (Å²) < 4.78 is 5.95. The maximum Gasteiger partial charge on any atom is 0.241 e. The second-order valence-corrected chi connectivity index (χ2v) is 7.55. The summed E-state index contributed by atoms with van der Waals surface area (Å²) in [7, 11) is 1.99. The molecule has 4 rings (SSSR count). The van der Waals surface area contributed by atoms with E-state index >= 15 is 0 Å². The Kier molecular flexibility index (Phi) is 5.23. The minimum atomic E-state index is -0.122. The van der Waals surface area contributed by atoms with Crippen LogP contribution in [0.1, 0.15) is 17.2 Å². The Balaban J connectivity index is 1.60. The molecule has 0 radical (unpaired) electrons. The Morgan fingerprint density at radius 3 is 2.70 bits per heavy atom. The Bertz CT molecular complexity index is 896. The third-order valence-corrected chi connectivity index (χ3v) is 5.46. The second-order valence-electron chi connectivity index (χ2n) is 6.77. The molecule has 2 aromatic carbocycles. The fourth-order valence-electron chi connectivity index (χ4n) is 3.48. The van der Waals surface area contributed by atoms with Gasteiger partial charge in [0.05, 0.1) is 18.3 Å². The Morgan fingerprint density at radius 2 is 1.93 bits per heavy atom. The highest BCUT2D eigenvalue weighted by molar-refractivity contribution is 7.07. The lowest BCUT2D eigenvalue weighted by Crippen LogP contribution is -2.45. The van der Waals surface area contributed by atoms with Crippen LogP contribution in [0.25, 0.3) is 0 Å². The molecule has 1 amide bonds. The highest BCUT2D eigenvalue weighted by Gasteiger charge is 2.33. The van der Waals surface area contributed by atoms with E-state index in [-0.39, 0.29) is 11.9 Å². The first-order chi connectivity index (χ1) is 13.2. The molecule has 0 saturated carbocycles. The van der Waals surface area contributed by atoms with Crippen molar-refractivity contribution in [2.75, 3.05) is 25.1 Å². The van der Waals surface area contributed by atoms with Gasteiger partial charge >= 0.3 is 0 Å². The first kappa shape index (κ1) is 17.8. The number of ether oxygens (including phenoxy) is 1. The van der Waals surface area contributed by atoms with Crippen molar-refractivity contribution in [1.82, 2.24) is 4.90 Å². The third kappa shape index (κ3) is 3.89. The quantitative estimate of drug-likeness (QED) is 0.662. The van der Waals surface area contributed by atoms with Crippen molar-refractivity contribution in [2.45, 2.75) is 12.6 Å². The highest BCUT2D eigenvalue weighted by atomic mass is 32.1. The van der Waals surface area contributed by atoms with Crippen LogP contribution in [0.4, 0.5) is 5.69 Å². The monoisotopic (exact) mass is 378 g/mol. The van der Waals surface area contributed by atoms with Crippen molar-refractivity contribution in [1.29, 1.82) is 0 Å². The summed E-state index contributed by atoms with van der Waals surface area (Å²) in [5, 5.41) is 4.19. The van der Waals surface area contributed by atoms with E-state index in [1.165, 1.54) is 5.56 Å². The largest absolute Gasteiger partial charge is 0.489 e. The van der Waals surface area contributed by atoms with Gasteiger partial charge in [0.25, 0.3) is 0 Å². The fourth-order valence-corrected chi connectivity index (χ4v) is 4.14. The topological polar surface area (TPSA) is 32.8 Å². The fraction of sp³-hybridized carbons (Fsp3) is 0.227. The number of hydrogen-bond acceptors (Lipinski definition) is 4. The second kappa shape index (κ2) is 7.94. The summed E-state index contributed by atoms with van der Waals surface area (Å²) in [6.07, 6.45) is 0. The molecule has 1 unspecified atom stereocenters. The van der Waals surface area contributed by atoms with Gasteiger partial charge in [0.2, 0.25) is 5.91 Å². The molecule has 0 aliphatic carbocycles. The van der Waals surface area contributed by atoms with Crippen molar-refractivity contribution < 1.29 is 9.53 Å². The smallest absolute Gasteiger partial charge is 0.241 e. The molecule has 3 aromatic rings. The van der Waals surface area contributed by atoms with Crippen molar-refractivity contribution in [2.24, 2.45) is 0 Å². The molecule has 1 aromatic heterocycles. The number of amides is 1. The minimum Gasteiger partial charge on any atom is -0.489 e. The minimum absolute atomic E-state index is 0.0809. The normalized spacial score (nSPS) is 16.1. The predicted octanol–water partition coefficient (Wildman–Crippen LogP) is 4.35. The Morgan fingerprint density at radius 1 is 1.15 bits per heavy atom. The lowest BCUT2D eigenvalue weighted by molar-refractivity contribution is -0.120. The molecule has 2 heterocycles. The molecule has 0 N–H and O–H groups in total. The first-order valence-corrected chi connectivity index (χ1v) is 9.95. The van der Waals surface area contributed by atoms with E-state index in [2.05, 4.69) is 33.9 Å². The van der Waals surface area contributed by atoms with Crippen molar-refractivity contribution in [3.05, 3.63) is 82.6 Å². The highest BCUT2D eigenvalue weighted by Crippen LogP contribution is 2.39. The molecule has 1 aliphatic heterocycles. The number of likely N-dealkylation sites (N-methyl/N-ethyl adjacent to an activating group) is 1. The van der Waals surface area contributed by atoms with Gasteiger partial charge < -0.3 is 4.74 Å². The zero-order valence-electron chi connectivity index (χ0n) is 15.2. The van der Waals surface area contributed by atoms with Gasteiger partial charge in [-0.2, -0.15) is 11.3 Å². The number of rotatable bonds is 5. The molecule has 4 nitrogen and oxygen atoms in total. The molecular formula is C22H22N2O2S. The number of benzene rings is 2. The summed E-state index contributed by atoms with van der Waals surface area (Å²) in [4.78, 5) is 17.3. The van der Waals surface area contributed by atoms with Gasteiger partial charge in [-0.1, -0.05) is 42.5 Å². The van der Waals surface area contributed by atoms with Crippen LogP contribution in [-0.2, 0) is 11.3 Å². The summed E-state index contributed by atoms with van der Waals surface area (Å²) in [5.74, 6) is 0.843. The molecule has 0 bridgehead atoms. The SMILES string of the molecule is CN(CC(=O)N1c2ccccc2OCC1c1ccccc1)Cc1ccsc1. The van der Waals surface area contributed by atoms with Gasteiger partial charge in [0.1, 0.15) is 12.4 Å². The van der Waals surface area contributed by atoms with Crippen LogP contribution in [0, 0.1) is 0 Å². The third-order valence-electron chi connectivity index (χ3n) is 4.72. The zero-order valence-corrected chi connectivity index (χ0v) is 16.1. The molecule has 1 aliphatic rings. The van der Waals surface area contributed by atoms with E-state index in [0.717, 1.165) is 23.5 Å². The number of carbonyl (C=O) groups excluding carboxylic acids is 1. The van der Waals surface area contributed by atoms with Crippen molar-refractivity contribution >= 4 is 22.9 Å². The average molecular weight is 378 g/mol. The number of thiophene rings is 1. The Hall–Kier alpha value is -2.63. The van der Waals surface area contributed by atoms with Crippen LogP contribution in [0.5, 0.6) is 5.75 Å². The van der Waals surface area contributed by atoms with Crippen LogP contribution in [-0.4, -0.2) is 31.0 Å². The van der Waals surface area contributed by atoms with E-state index in [9.17, 15) is 4.79 Å². The van der Waals surface area contributed by atoms with E-state index < -0.39 is 0 Å². The number of anilines is 1. The van der Waals surface area contributed by atoms with Crippen molar-refractivity contribution in [3.8, 4) is 5.75 Å². The number of hydrogen-bond donors (Lipinski definition) is 0. The average Bonchev–Trinajstić information content (AvgIpc) is 3.20. The van der Waals surface area contributed by atoms with E-state index in [1.807, 2.05) is 54.4 Å². The molecule has 27 heavy (non-hydrogen) atoms. The van der Waals surface area contributed by atoms with Crippen LogP contribution in [0.15, 0.2) is 71.4 Å². The Labute approximate surface area is 163 Å². The maximum atomic E-state index is 13.3. The van der Waals surface area contributed by atoms with Gasteiger partial charge in [0, 0.05) is 6.54 Å². The lowest BCUT2D eigenvalue weighted by atomic mass is 10.0. The van der Waals surface area contributed by atoms with Crippen LogP contribution >= 0.6 is 11.3 Å². The van der Waals surface area contributed by atoms with Crippen molar-refractivity contribution in [3.63, 3.8) is 0 Å².